The zero-order chi connectivity index (χ0) is 21.9. The Morgan fingerprint density at radius 1 is 0.900 bits per heavy atom. The minimum absolute atomic E-state index is 0.0441. The smallest absolute Gasteiger partial charge is 0.421 e. The van der Waals surface area contributed by atoms with Crippen LogP contribution in [0.5, 0.6) is 5.75 Å². The van der Waals surface area contributed by atoms with Crippen molar-refractivity contribution in [3.63, 3.8) is 0 Å². The van der Waals surface area contributed by atoms with E-state index >= 15 is 0 Å². The zero-order valence-electron chi connectivity index (χ0n) is 17.1. The molecule has 0 aliphatic heterocycles. The number of rotatable bonds is 5. The third kappa shape index (κ3) is 5.20. The monoisotopic (exact) mass is 416 g/mol. The van der Waals surface area contributed by atoms with Gasteiger partial charge in [-0.1, -0.05) is 32.9 Å². The molecular formula is C22H23F3N4O. The summed E-state index contributed by atoms with van der Waals surface area (Å²) in [4.78, 5) is 7.91. The van der Waals surface area contributed by atoms with Gasteiger partial charge < -0.3 is 15.4 Å². The van der Waals surface area contributed by atoms with Crippen LogP contribution in [0, 0.1) is 0 Å². The van der Waals surface area contributed by atoms with Gasteiger partial charge in [0, 0.05) is 17.6 Å². The number of alkyl halides is 3. The lowest BCUT2D eigenvalue weighted by molar-refractivity contribution is -0.137. The van der Waals surface area contributed by atoms with Crippen LogP contribution >= 0.6 is 0 Å². The predicted octanol–water partition coefficient (Wildman–Crippen LogP) is 6.29. The largest absolute Gasteiger partial charge is 0.497 e. The standard InChI is InChI=1S/C22H23F3N4O/c1-21(2,3)14-6-5-7-16(12-14)27-19-18(22(23,24)25)13-26-20(29-19)28-15-8-10-17(30-4)11-9-15/h5-13H,1-4H3,(H2,26,27,28,29). The Morgan fingerprint density at radius 3 is 2.20 bits per heavy atom. The Labute approximate surface area is 173 Å². The summed E-state index contributed by atoms with van der Waals surface area (Å²) < 4.78 is 45.6. The number of nitrogens with zero attached hydrogens (tertiary/aromatic N) is 2. The van der Waals surface area contributed by atoms with Gasteiger partial charge in [-0.2, -0.15) is 18.2 Å². The summed E-state index contributed by atoms with van der Waals surface area (Å²) in [5.41, 5.74) is 1.05. The number of nitrogens with one attached hydrogen (secondary N) is 2. The quantitative estimate of drug-likeness (QED) is 0.512. The molecule has 3 rings (SSSR count). The summed E-state index contributed by atoms with van der Waals surface area (Å²) in [6, 6.07) is 14.2. The van der Waals surface area contributed by atoms with Crippen molar-refractivity contribution in [1.82, 2.24) is 9.97 Å². The van der Waals surface area contributed by atoms with Crippen LogP contribution in [-0.4, -0.2) is 17.1 Å². The van der Waals surface area contributed by atoms with Crippen molar-refractivity contribution in [2.75, 3.05) is 17.7 Å². The Kier molecular flexibility index (Phi) is 5.87. The maximum Gasteiger partial charge on any atom is 0.421 e. The van der Waals surface area contributed by atoms with Gasteiger partial charge in [-0.15, -0.1) is 0 Å². The first kappa shape index (κ1) is 21.4. The minimum atomic E-state index is -4.59. The fourth-order valence-electron chi connectivity index (χ4n) is 2.75. The average Bonchev–Trinajstić information content (AvgIpc) is 2.67. The summed E-state index contributed by atoms with van der Waals surface area (Å²) in [6.45, 7) is 6.11. The van der Waals surface area contributed by atoms with E-state index in [4.69, 9.17) is 4.74 Å². The lowest BCUT2D eigenvalue weighted by Gasteiger charge is -2.20. The number of hydrogen-bond acceptors (Lipinski definition) is 5. The van der Waals surface area contributed by atoms with Gasteiger partial charge in [-0.25, -0.2) is 4.98 Å². The van der Waals surface area contributed by atoms with Gasteiger partial charge in [0.25, 0.3) is 0 Å². The molecule has 0 saturated heterocycles. The van der Waals surface area contributed by atoms with Crippen LogP contribution in [0.4, 0.5) is 36.3 Å². The molecule has 0 saturated carbocycles. The first-order valence-electron chi connectivity index (χ1n) is 9.29. The van der Waals surface area contributed by atoms with Gasteiger partial charge in [-0.05, 0) is 47.4 Å². The van der Waals surface area contributed by atoms with E-state index in [9.17, 15) is 13.2 Å². The maximum atomic E-state index is 13.5. The third-order valence-corrected chi connectivity index (χ3v) is 4.43. The molecule has 0 aliphatic carbocycles. The number of benzene rings is 2. The Hall–Kier alpha value is -3.29. The molecule has 0 amide bonds. The molecular weight excluding hydrogens is 393 g/mol. The number of hydrogen-bond donors (Lipinski definition) is 2. The molecule has 0 radical (unpaired) electrons. The number of methoxy groups -OCH3 is 1. The van der Waals surface area contributed by atoms with Gasteiger partial charge in [0.05, 0.1) is 7.11 Å². The van der Waals surface area contributed by atoms with Crippen molar-refractivity contribution >= 4 is 23.1 Å². The van der Waals surface area contributed by atoms with E-state index < -0.39 is 11.7 Å². The molecule has 2 aromatic carbocycles. The molecule has 1 aromatic heterocycles. The molecule has 3 aromatic rings. The molecule has 0 bridgehead atoms. The normalized spacial score (nSPS) is 11.8. The topological polar surface area (TPSA) is 59.1 Å². The van der Waals surface area contributed by atoms with Crippen molar-refractivity contribution in [1.29, 1.82) is 0 Å². The maximum absolute atomic E-state index is 13.5. The summed E-state index contributed by atoms with van der Waals surface area (Å²) in [5.74, 6) is 0.386. The number of anilines is 4. The summed E-state index contributed by atoms with van der Waals surface area (Å²) >= 11 is 0. The predicted molar refractivity (Wildman–Crippen MR) is 112 cm³/mol. The van der Waals surface area contributed by atoms with E-state index in [1.165, 1.54) is 0 Å². The van der Waals surface area contributed by atoms with Crippen molar-refractivity contribution < 1.29 is 17.9 Å². The molecule has 0 fully saturated rings. The molecule has 2 N–H and O–H groups in total. The van der Waals surface area contributed by atoms with E-state index in [1.54, 1.807) is 43.5 Å². The molecule has 30 heavy (non-hydrogen) atoms. The lowest BCUT2D eigenvalue weighted by Crippen LogP contribution is -2.14. The molecule has 5 nitrogen and oxygen atoms in total. The Morgan fingerprint density at radius 2 is 1.60 bits per heavy atom. The minimum Gasteiger partial charge on any atom is -0.497 e. The SMILES string of the molecule is COc1ccc(Nc2ncc(C(F)(F)F)c(Nc3cccc(C(C)(C)C)c3)n2)cc1. The Bertz CT molecular complexity index is 1010. The first-order chi connectivity index (χ1) is 14.1. The molecule has 0 spiro atoms. The van der Waals surface area contributed by atoms with Crippen molar-refractivity contribution in [2.45, 2.75) is 32.4 Å². The Balaban J connectivity index is 1.93. The van der Waals surface area contributed by atoms with Crippen molar-refractivity contribution in [3.05, 3.63) is 65.9 Å². The summed E-state index contributed by atoms with van der Waals surface area (Å²) in [6.07, 6.45) is -3.82. The van der Waals surface area contributed by atoms with Crippen LogP contribution < -0.4 is 15.4 Å². The van der Waals surface area contributed by atoms with E-state index in [1.807, 2.05) is 32.9 Å². The molecule has 8 heteroatoms. The molecule has 158 valence electrons. The van der Waals surface area contributed by atoms with Gasteiger partial charge in [0.1, 0.15) is 17.1 Å². The van der Waals surface area contributed by atoms with Crippen LogP contribution in [0.3, 0.4) is 0 Å². The highest BCUT2D eigenvalue weighted by Crippen LogP contribution is 2.36. The van der Waals surface area contributed by atoms with E-state index in [2.05, 4.69) is 20.6 Å². The van der Waals surface area contributed by atoms with Crippen molar-refractivity contribution in [2.24, 2.45) is 0 Å². The summed E-state index contributed by atoms with van der Waals surface area (Å²) in [7, 11) is 1.55. The second-order valence-electron chi connectivity index (χ2n) is 7.76. The lowest BCUT2D eigenvalue weighted by atomic mass is 9.87. The van der Waals surface area contributed by atoms with E-state index in [0.29, 0.717) is 17.1 Å². The van der Waals surface area contributed by atoms with Crippen LogP contribution in [0.15, 0.2) is 54.7 Å². The fourth-order valence-corrected chi connectivity index (χ4v) is 2.75. The van der Waals surface area contributed by atoms with Gasteiger partial charge in [-0.3, -0.25) is 0 Å². The second kappa shape index (κ2) is 8.22. The highest BCUT2D eigenvalue weighted by molar-refractivity contribution is 5.63. The van der Waals surface area contributed by atoms with Crippen LogP contribution in [0.1, 0.15) is 31.9 Å². The third-order valence-electron chi connectivity index (χ3n) is 4.43. The molecule has 0 aliphatic rings. The van der Waals surface area contributed by atoms with Crippen LogP contribution in [-0.2, 0) is 11.6 Å². The average molecular weight is 416 g/mol. The van der Waals surface area contributed by atoms with E-state index in [0.717, 1.165) is 11.8 Å². The zero-order valence-corrected chi connectivity index (χ0v) is 17.1. The molecule has 0 atom stereocenters. The van der Waals surface area contributed by atoms with Crippen LogP contribution in [0.2, 0.25) is 0 Å². The summed E-state index contributed by atoms with van der Waals surface area (Å²) in [5, 5.41) is 5.72. The molecule has 0 unspecified atom stereocenters. The highest BCUT2D eigenvalue weighted by atomic mass is 19.4. The first-order valence-corrected chi connectivity index (χ1v) is 9.29. The number of ether oxygens (including phenoxy) is 1. The second-order valence-corrected chi connectivity index (χ2v) is 7.76. The number of aromatic nitrogens is 2. The fraction of sp³-hybridized carbons (Fsp3) is 0.273. The van der Waals surface area contributed by atoms with E-state index in [-0.39, 0.29) is 17.2 Å². The van der Waals surface area contributed by atoms with Gasteiger partial charge in [0.2, 0.25) is 5.95 Å². The van der Waals surface area contributed by atoms with Crippen molar-refractivity contribution in [3.8, 4) is 5.75 Å². The van der Waals surface area contributed by atoms with Crippen LogP contribution in [0.25, 0.3) is 0 Å². The molecule has 1 heterocycles. The number of halogens is 3. The van der Waals surface area contributed by atoms with Gasteiger partial charge in [0.15, 0.2) is 0 Å². The van der Waals surface area contributed by atoms with Gasteiger partial charge >= 0.3 is 6.18 Å². The highest BCUT2D eigenvalue weighted by Gasteiger charge is 2.35.